The third-order valence-corrected chi connectivity index (χ3v) is 2.90. The molecule has 20 heavy (non-hydrogen) atoms. The maximum atomic E-state index is 12.7. The smallest absolute Gasteiger partial charge is 0.348 e. The van der Waals surface area contributed by atoms with Gasteiger partial charge in [0.05, 0.1) is 18.2 Å². The summed E-state index contributed by atoms with van der Waals surface area (Å²) < 4.78 is 38.2. The second kappa shape index (κ2) is 5.83. The van der Waals surface area contributed by atoms with Crippen molar-refractivity contribution in [3.63, 3.8) is 0 Å². The van der Waals surface area contributed by atoms with Gasteiger partial charge in [-0.3, -0.25) is 4.79 Å². The predicted octanol–water partition coefficient (Wildman–Crippen LogP) is 2.87. The zero-order valence-corrected chi connectivity index (χ0v) is 11.7. The normalized spacial score (nSPS) is 13.9. The summed E-state index contributed by atoms with van der Waals surface area (Å²) >= 11 is 0. The third-order valence-electron chi connectivity index (χ3n) is 2.90. The maximum absolute atomic E-state index is 12.7. The first-order chi connectivity index (χ1) is 9.05. The van der Waals surface area contributed by atoms with Crippen molar-refractivity contribution in [1.29, 1.82) is 0 Å². The molecule has 0 heterocycles. The quantitative estimate of drug-likeness (QED) is 0.898. The summed E-state index contributed by atoms with van der Waals surface area (Å²) in [6.07, 6.45) is -4.41. The molecule has 0 aromatic heterocycles. The number of amides is 1. The summed E-state index contributed by atoms with van der Waals surface area (Å²) in [5.74, 6) is -0.401. The molecule has 112 valence electrons. The topological polar surface area (TPSA) is 55.1 Å². The Morgan fingerprint density at radius 3 is 2.35 bits per heavy atom. The summed E-state index contributed by atoms with van der Waals surface area (Å²) in [6.45, 7) is 5.32. The molecular formula is C14H19F3N2O. The van der Waals surface area contributed by atoms with Crippen molar-refractivity contribution in [3.8, 4) is 0 Å². The van der Waals surface area contributed by atoms with Crippen LogP contribution in [0.2, 0.25) is 0 Å². The Morgan fingerprint density at radius 2 is 1.90 bits per heavy atom. The number of hydrogen-bond acceptors (Lipinski definition) is 2. The molecule has 0 aliphatic rings. The lowest BCUT2D eigenvalue weighted by Crippen LogP contribution is -2.39. The average molecular weight is 288 g/mol. The summed E-state index contributed by atoms with van der Waals surface area (Å²) in [7, 11) is 0. The first kappa shape index (κ1) is 16.5. The molecule has 1 aromatic carbocycles. The van der Waals surface area contributed by atoms with Gasteiger partial charge >= 0.3 is 6.18 Å². The molecule has 0 aliphatic carbocycles. The minimum atomic E-state index is -4.41. The van der Waals surface area contributed by atoms with Gasteiger partial charge in [-0.15, -0.1) is 0 Å². The molecule has 1 rings (SSSR count). The molecule has 0 fully saturated rings. The van der Waals surface area contributed by atoms with E-state index in [2.05, 4.69) is 5.32 Å². The van der Waals surface area contributed by atoms with Crippen molar-refractivity contribution in [1.82, 2.24) is 5.32 Å². The van der Waals surface area contributed by atoms with Crippen LogP contribution in [0.1, 0.15) is 37.9 Å². The molecule has 0 bridgehead atoms. The summed E-state index contributed by atoms with van der Waals surface area (Å²) in [5.41, 5.74) is 4.49. The van der Waals surface area contributed by atoms with Crippen molar-refractivity contribution in [2.45, 2.75) is 33.0 Å². The highest BCUT2D eigenvalue weighted by Gasteiger charge is 2.33. The highest BCUT2D eigenvalue weighted by Crippen LogP contribution is 2.36. The van der Waals surface area contributed by atoms with Crippen LogP contribution in [-0.4, -0.2) is 12.5 Å². The van der Waals surface area contributed by atoms with Crippen LogP contribution in [0.4, 0.5) is 13.2 Å². The van der Waals surface area contributed by atoms with E-state index in [1.807, 2.05) is 20.8 Å². The zero-order valence-electron chi connectivity index (χ0n) is 11.7. The van der Waals surface area contributed by atoms with Gasteiger partial charge in [-0.1, -0.05) is 32.9 Å². The number of halogens is 3. The second-order valence-electron chi connectivity index (χ2n) is 5.69. The van der Waals surface area contributed by atoms with Crippen molar-refractivity contribution >= 4 is 5.91 Å². The fourth-order valence-electron chi connectivity index (χ4n) is 1.91. The van der Waals surface area contributed by atoms with E-state index < -0.39 is 29.1 Å². The molecule has 6 heteroatoms. The number of alkyl halides is 3. The molecule has 1 atom stereocenters. The zero-order chi connectivity index (χ0) is 15.6. The van der Waals surface area contributed by atoms with E-state index >= 15 is 0 Å². The highest BCUT2D eigenvalue weighted by atomic mass is 19.4. The lowest BCUT2D eigenvalue weighted by atomic mass is 9.82. The van der Waals surface area contributed by atoms with Crippen LogP contribution in [0.5, 0.6) is 0 Å². The van der Waals surface area contributed by atoms with Crippen molar-refractivity contribution in [2.24, 2.45) is 11.1 Å². The van der Waals surface area contributed by atoms with Crippen LogP contribution in [0.3, 0.4) is 0 Å². The molecule has 1 aromatic rings. The van der Waals surface area contributed by atoms with E-state index in [0.717, 1.165) is 12.1 Å². The van der Waals surface area contributed by atoms with Crippen molar-refractivity contribution in [2.75, 3.05) is 6.54 Å². The van der Waals surface area contributed by atoms with Gasteiger partial charge in [0.15, 0.2) is 0 Å². The average Bonchev–Trinajstić information content (AvgIpc) is 2.33. The summed E-state index contributed by atoms with van der Waals surface area (Å²) in [5, 5.41) is 2.67. The largest absolute Gasteiger partial charge is 0.416 e. The molecule has 3 nitrogen and oxygen atoms in total. The van der Waals surface area contributed by atoms with Crippen LogP contribution in [0.25, 0.3) is 0 Å². The Hall–Kier alpha value is -1.56. The number of nitrogens with one attached hydrogen (secondary N) is 1. The van der Waals surface area contributed by atoms with Crippen LogP contribution in [0.15, 0.2) is 24.3 Å². The Labute approximate surface area is 116 Å². The second-order valence-corrected chi connectivity index (χ2v) is 5.69. The van der Waals surface area contributed by atoms with Crippen LogP contribution in [0, 0.1) is 5.41 Å². The minimum Gasteiger partial charge on any atom is -0.348 e. The van der Waals surface area contributed by atoms with E-state index in [-0.39, 0.29) is 6.54 Å². The SMILES string of the molecule is CC(C)(C)C(NC(=O)CN)c1cccc(C(F)(F)F)c1. The Kier molecular flexibility index (Phi) is 4.81. The molecule has 3 N–H and O–H groups in total. The molecule has 1 unspecified atom stereocenters. The number of hydrogen-bond donors (Lipinski definition) is 2. The first-order valence-electron chi connectivity index (χ1n) is 6.22. The number of nitrogens with two attached hydrogens (primary N) is 1. The summed E-state index contributed by atoms with van der Waals surface area (Å²) in [6, 6.07) is 4.44. The van der Waals surface area contributed by atoms with Gasteiger partial charge in [0.25, 0.3) is 0 Å². The monoisotopic (exact) mass is 288 g/mol. The Morgan fingerprint density at radius 1 is 1.30 bits per heavy atom. The van der Waals surface area contributed by atoms with Crippen LogP contribution < -0.4 is 11.1 Å². The van der Waals surface area contributed by atoms with Gasteiger partial charge in [0, 0.05) is 0 Å². The van der Waals surface area contributed by atoms with Gasteiger partial charge < -0.3 is 11.1 Å². The maximum Gasteiger partial charge on any atom is 0.416 e. The molecular weight excluding hydrogens is 269 g/mol. The fraction of sp³-hybridized carbons (Fsp3) is 0.500. The fourth-order valence-corrected chi connectivity index (χ4v) is 1.91. The van der Waals surface area contributed by atoms with E-state index in [1.54, 1.807) is 6.07 Å². The van der Waals surface area contributed by atoms with Gasteiger partial charge in [-0.05, 0) is 23.1 Å². The minimum absolute atomic E-state index is 0.203. The molecule has 0 radical (unpaired) electrons. The Balaban J connectivity index is 3.18. The van der Waals surface area contributed by atoms with E-state index in [4.69, 9.17) is 5.73 Å². The number of rotatable bonds is 3. The standard InChI is InChI=1S/C14H19F3N2O/c1-13(2,3)12(19-11(20)8-18)9-5-4-6-10(7-9)14(15,16)17/h4-7,12H,8,18H2,1-3H3,(H,19,20). The molecule has 1 amide bonds. The van der Waals surface area contributed by atoms with Crippen molar-refractivity contribution in [3.05, 3.63) is 35.4 Å². The molecule has 0 saturated carbocycles. The first-order valence-corrected chi connectivity index (χ1v) is 6.22. The molecule has 0 spiro atoms. The van der Waals surface area contributed by atoms with Crippen molar-refractivity contribution < 1.29 is 18.0 Å². The number of carbonyl (C=O) groups is 1. The van der Waals surface area contributed by atoms with E-state index in [1.165, 1.54) is 6.07 Å². The van der Waals surface area contributed by atoms with E-state index in [0.29, 0.717) is 5.56 Å². The van der Waals surface area contributed by atoms with Gasteiger partial charge in [0.2, 0.25) is 5.91 Å². The van der Waals surface area contributed by atoms with Crippen LogP contribution >= 0.6 is 0 Å². The summed E-state index contributed by atoms with van der Waals surface area (Å²) in [4.78, 5) is 11.5. The lowest BCUT2D eigenvalue weighted by Gasteiger charge is -2.32. The van der Waals surface area contributed by atoms with Crippen LogP contribution in [-0.2, 0) is 11.0 Å². The van der Waals surface area contributed by atoms with Gasteiger partial charge in [0.1, 0.15) is 0 Å². The third kappa shape index (κ3) is 4.23. The molecule has 0 saturated heterocycles. The van der Waals surface area contributed by atoms with Gasteiger partial charge in [-0.2, -0.15) is 13.2 Å². The van der Waals surface area contributed by atoms with E-state index in [9.17, 15) is 18.0 Å². The number of carbonyl (C=O) groups excluding carboxylic acids is 1. The Bertz CT molecular complexity index is 478. The van der Waals surface area contributed by atoms with Gasteiger partial charge in [-0.25, -0.2) is 0 Å². The predicted molar refractivity (Wildman–Crippen MR) is 70.8 cm³/mol. The highest BCUT2D eigenvalue weighted by molar-refractivity contribution is 5.78. The lowest BCUT2D eigenvalue weighted by molar-refractivity contribution is -0.137. The number of benzene rings is 1. The molecule has 0 aliphatic heterocycles.